The quantitative estimate of drug-likeness (QED) is 0.736. The molecular weight excluding hydrogens is 332 g/mol. The van der Waals surface area contributed by atoms with E-state index in [4.69, 9.17) is 11.5 Å². The fourth-order valence-electron chi connectivity index (χ4n) is 4.14. The second kappa shape index (κ2) is 7.64. The summed E-state index contributed by atoms with van der Waals surface area (Å²) in [4.78, 5) is 41.2. The van der Waals surface area contributed by atoms with Gasteiger partial charge < -0.3 is 21.3 Å². The van der Waals surface area contributed by atoms with Crippen LogP contribution in [0.15, 0.2) is 0 Å². The molecule has 0 aromatic rings. The van der Waals surface area contributed by atoms with E-state index in [1.807, 2.05) is 34.6 Å². The summed E-state index contributed by atoms with van der Waals surface area (Å²) in [6.07, 6.45) is 1.74. The highest BCUT2D eigenvalue weighted by molar-refractivity contribution is 5.99. The molecule has 2 aliphatic rings. The SMILES string of the molecule is CC(C)CC(N)C(=O)N1CCC2C1C(=O)CN2C(=O)C(N)CC(C)(C)C. The summed E-state index contributed by atoms with van der Waals surface area (Å²) < 4.78 is 0. The number of carbonyl (C=O) groups is 3. The molecule has 2 rings (SSSR count). The summed E-state index contributed by atoms with van der Waals surface area (Å²) >= 11 is 0. The van der Waals surface area contributed by atoms with Crippen molar-refractivity contribution in [2.45, 2.75) is 78.0 Å². The molecule has 2 heterocycles. The first kappa shape index (κ1) is 20.8. The molecule has 26 heavy (non-hydrogen) atoms. The minimum atomic E-state index is -0.630. The van der Waals surface area contributed by atoms with E-state index in [1.54, 1.807) is 9.80 Å². The van der Waals surface area contributed by atoms with Gasteiger partial charge in [0.05, 0.1) is 24.7 Å². The van der Waals surface area contributed by atoms with Gasteiger partial charge in [0.2, 0.25) is 11.8 Å². The molecule has 0 aromatic carbocycles. The van der Waals surface area contributed by atoms with E-state index < -0.39 is 18.1 Å². The monoisotopic (exact) mass is 366 g/mol. The number of carbonyl (C=O) groups excluding carboxylic acids is 3. The molecule has 148 valence electrons. The molecule has 0 bridgehead atoms. The van der Waals surface area contributed by atoms with Gasteiger partial charge in [-0.3, -0.25) is 14.4 Å². The number of fused-ring (bicyclic) bond motifs is 1. The number of likely N-dealkylation sites (tertiary alicyclic amines) is 2. The van der Waals surface area contributed by atoms with Crippen LogP contribution in [0.3, 0.4) is 0 Å². The van der Waals surface area contributed by atoms with Gasteiger partial charge in [0, 0.05) is 6.54 Å². The fourth-order valence-corrected chi connectivity index (χ4v) is 4.14. The van der Waals surface area contributed by atoms with Gasteiger partial charge in [0.15, 0.2) is 5.78 Å². The minimum absolute atomic E-state index is 0.0369. The molecular formula is C19H34N4O3. The van der Waals surface area contributed by atoms with Crippen molar-refractivity contribution in [1.82, 2.24) is 9.80 Å². The number of amides is 2. The van der Waals surface area contributed by atoms with E-state index in [0.717, 1.165) is 0 Å². The third kappa shape index (κ3) is 4.43. The molecule has 7 heteroatoms. The molecule has 2 fully saturated rings. The van der Waals surface area contributed by atoms with Crippen LogP contribution < -0.4 is 11.5 Å². The van der Waals surface area contributed by atoms with Crippen molar-refractivity contribution in [3.05, 3.63) is 0 Å². The van der Waals surface area contributed by atoms with E-state index in [0.29, 0.717) is 31.7 Å². The van der Waals surface area contributed by atoms with Crippen LogP contribution in [0, 0.1) is 11.3 Å². The maximum absolute atomic E-state index is 12.8. The molecule has 0 saturated carbocycles. The van der Waals surface area contributed by atoms with Crippen molar-refractivity contribution in [1.29, 1.82) is 0 Å². The average molecular weight is 367 g/mol. The standard InChI is InChI=1S/C19H34N4O3/c1-11(2)8-12(20)17(25)22-7-6-14-16(22)15(24)10-23(14)18(26)13(21)9-19(3,4)5/h11-14,16H,6-10,20-21H2,1-5H3. The lowest BCUT2D eigenvalue weighted by atomic mass is 9.88. The van der Waals surface area contributed by atoms with Crippen molar-refractivity contribution in [2.75, 3.05) is 13.1 Å². The molecule has 4 atom stereocenters. The highest BCUT2D eigenvalue weighted by Crippen LogP contribution is 2.31. The first-order chi connectivity index (χ1) is 11.9. The number of hydrogen-bond acceptors (Lipinski definition) is 5. The third-order valence-corrected chi connectivity index (χ3v) is 5.18. The zero-order chi connectivity index (χ0) is 19.8. The lowest BCUT2D eigenvalue weighted by molar-refractivity contribution is -0.137. The predicted octanol–water partition coefficient (Wildman–Crippen LogP) is 0.504. The fraction of sp³-hybridized carbons (Fsp3) is 0.842. The van der Waals surface area contributed by atoms with E-state index >= 15 is 0 Å². The van der Waals surface area contributed by atoms with Crippen molar-refractivity contribution in [2.24, 2.45) is 22.8 Å². The summed E-state index contributed by atoms with van der Waals surface area (Å²) in [7, 11) is 0. The molecule has 0 aromatic heterocycles. The van der Waals surface area contributed by atoms with E-state index in [2.05, 4.69) is 0 Å². The van der Waals surface area contributed by atoms with Crippen molar-refractivity contribution < 1.29 is 14.4 Å². The Morgan fingerprint density at radius 1 is 1.12 bits per heavy atom. The first-order valence-corrected chi connectivity index (χ1v) is 9.57. The Labute approximate surface area is 156 Å². The average Bonchev–Trinajstić information content (AvgIpc) is 3.05. The highest BCUT2D eigenvalue weighted by atomic mass is 16.2. The van der Waals surface area contributed by atoms with Gasteiger partial charge in [0.1, 0.15) is 6.04 Å². The predicted molar refractivity (Wildman–Crippen MR) is 100 cm³/mol. The lowest BCUT2D eigenvalue weighted by Crippen LogP contribution is -2.51. The van der Waals surface area contributed by atoms with Crippen LogP contribution in [-0.4, -0.2) is 64.7 Å². The summed E-state index contributed by atoms with van der Waals surface area (Å²) in [5.74, 6) is -0.164. The van der Waals surface area contributed by atoms with Gasteiger partial charge in [-0.15, -0.1) is 0 Å². The van der Waals surface area contributed by atoms with Crippen LogP contribution in [0.2, 0.25) is 0 Å². The van der Waals surface area contributed by atoms with Gasteiger partial charge in [-0.25, -0.2) is 0 Å². The topological polar surface area (TPSA) is 110 Å². The number of Topliss-reactive ketones (excluding diaryl/α,β-unsaturated/α-hetero) is 1. The summed E-state index contributed by atoms with van der Waals surface area (Å²) in [5.41, 5.74) is 12.1. The molecule has 2 amide bonds. The summed E-state index contributed by atoms with van der Waals surface area (Å²) in [6, 6.07) is -2.06. The Kier molecular flexibility index (Phi) is 6.13. The van der Waals surface area contributed by atoms with E-state index in [1.165, 1.54) is 0 Å². The second-order valence-corrected chi connectivity index (χ2v) is 9.37. The summed E-state index contributed by atoms with van der Waals surface area (Å²) in [6.45, 7) is 10.6. The van der Waals surface area contributed by atoms with Crippen molar-refractivity contribution >= 4 is 17.6 Å². The molecule has 0 aliphatic carbocycles. The normalized spacial score (nSPS) is 25.6. The Morgan fingerprint density at radius 2 is 1.69 bits per heavy atom. The largest absolute Gasteiger partial charge is 0.329 e. The first-order valence-electron chi connectivity index (χ1n) is 9.57. The van der Waals surface area contributed by atoms with Crippen LogP contribution in [0.5, 0.6) is 0 Å². The Hall–Kier alpha value is -1.47. The zero-order valence-electron chi connectivity index (χ0n) is 16.7. The number of rotatable bonds is 5. The van der Waals surface area contributed by atoms with E-state index in [9.17, 15) is 14.4 Å². The summed E-state index contributed by atoms with van der Waals surface area (Å²) in [5, 5.41) is 0. The van der Waals surface area contributed by atoms with Crippen LogP contribution in [0.4, 0.5) is 0 Å². The molecule has 4 N–H and O–H groups in total. The van der Waals surface area contributed by atoms with Crippen LogP contribution >= 0.6 is 0 Å². The van der Waals surface area contributed by atoms with Crippen molar-refractivity contribution in [3.63, 3.8) is 0 Å². The number of hydrogen-bond donors (Lipinski definition) is 2. The van der Waals surface area contributed by atoms with Crippen LogP contribution in [0.1, 0.15) is 53.9 Å². The smallest absolute Gasteiger partial charge is 0.240 e. The van der Waals surface area contributed by atoms with Crippen molar-refractivity contribution in [3.8, 4) is 0 Å². The molecule has 2 aliphatic heterocycles. The van der Waals surface area contributed by atoms with Crippen LogP contribution in [-0.2, 0) is 14.4 Å². The van der Waals surface area contributed by atoms with Gasteiger partial charge in [-0.1, -0.05) is 34.6 Å². The molecule has 0 spiro atoms. The number of nitrogens with two attached hydrogens (primary N) is 2. The Bertz CT molecular complexity index is 570. The third-order valence-electron chi connectivity index (χ3n) is 5.18. The molecule has 7 nitrogen and oxygen atoms in total. The van der Waals surface area contributed by atoms with Crippen LogP contribution in [0.25, 0.3) is 0 Å². The lowest BCUT2D eigenvalue weighted by Gasteiger charge is -2.29. The Balaban J connectivity index is 2.09. The zero-order valence-corrected chi connectivity index (χ0v) is 16.7. The second-order valence-electron chi connectivity index (χ2n) is 9.37. The molecule has 2 saturated heterocycles. The molecule has 0 radical (unpaired) electrons. The number of nitrogens with zero attached hydrogens (tertiary/aromatic N) is 2. The maximum Gasteiger partial charge on any atom is 0.240 e. The number of ketones is 1. The molecule has 4 unspecified atom stereocenters. The highest BCUT2D eigenvalue weighted by Gasteiger charge is 2.52. The van der Waals surface area contributed by atoms with Gasteiger partial charge >= 0.3 is 0 Å². The maximum atomic E-state index is 12.8. The Morgan fingerprint density at radius 3 is 2.23 bits per heavy atom. The van der Waals surface area contributed by atoms with Gasteiger partial charge in [-0.05, 0) is 30.6 Å². The van der Waals surface area contributed by atoms with Gasteiger partial charge in [-0.2, -0.15) is 0 Å². The van der Waals surface area contributed by atoms with E-state index in [-0.39, 0.29) is 35.6 Å². The van der Waals surface area contributed by atoms with Gasteiger partial charge in [0.25, 0.3) is 0 Å². The minimum Gasteiger partial charge on any atom is -0.329 e.